The van der Waals surface area contributed by atoms with E-state index in [0.717, 1.165) is 11.1 Å². The minimum absolute atomic E-state index is 0.133. The smallest absolute Gasteiger partial charge is 0.257 e. The molecule has 0 saturated carbocycles. The number of benzene rings is 3. The lowest BCUT2D eigenvalue weighted by molar-refractivity contribution is 0.0945. The number of phenols is 1. The highest BCUT2D eigenvalue weighted by Crippen LogP contribution is 2.33. The Labute approximate surface area is 223 Å². The third kappa shape index (κ3) is 6.88. The highest BCUT2D eigenvalue weighted by Gasteiger charge is 2.17. The van der Waals surface area contributed by atoms with Crippen molar-refractivity contribution in [1.82, 2.24) is 15.5 Å². The number of aromatic hydroxyl groups is 1. The molecule has 36 heavy (non-hydrogen) atoms. The average molecular weight is 543 g/mol. The van der Waals surface area contributed by atoms with Crippen molar-refractivity contribution in [3.05, 3.63) is 116 Å². The number of carbonyl (C=O) groups is 1. The molecule has 0 atom stereocenters. The van der Waals surface area contributed by atoms with Gasteiger partial charge in [0, 0.05) is 24.4 Å². The van der Waals surface area contributed by atoms with E-state index in [1.165, 1.54) is 0 Å². The number of halogens is 3. The number of amides is 1. The van der Waals surface area contributed by atoms with Crippen LogP contribution in [0.3, 0.4) is 0 Å². The van der Waals surface area contributed by atoms with Crippen LogP contribution >= 0.6 is 34.8 Å². The number of aromatic nitrogens is 2. The van der Waals surface area contributed by atoms with Crippen LogP contribution in [0.25, 0.3) is 0 Å². The number of rotatable bonds is 9. The van der Waals surface area contributed by atoms with Gasteiger partial charge in [-0.05, 0) is 47.0 Å². The number of nitrogens with one attached hydrogen (secondary N) is 1. The number of nitrogens with zero attached hydrogens (tertiary/aromatic N) is 2. The third-order valence-electron chi connectivity index (χ3n) is 5.36. The van der Waals surface area contributed by atoms with Crippen molar-refractivity contribution < 1.29 is 14.6 Å². The molecular weight excluding hydrogens is 521 g/mol. The summed E-state index contributed by atoms with van der Waals surface area (Å²) in [5, 5.41) is 22.1. The quantitative estimate of drug-likeness (QED) is 0.260. The van der Waals surface area contributed by atoms with E-state index in [4.69, 9.17) is 39.5 Å². The van der Waals surface area contributed by atoms with E-state index in [-0.39, 0.29) is 33.1 Å². The fraction of sp³-hybridized carbons (Fsp3) is 0.148. The topological polar surface area (TPSA) is 84.3 Å². The molecule has 0 spiro atoms. The Bertz CT molecular complexity index is 1330. The fourth-order valence-corrected chi connectivity index (χ4v) is 4.15. The molecule has 0 aliphatic rings. The summed E-state index contributed by atoms with van der Waals surface area (Å²) in [6, 6.07) is 21.9. The predicted octanol–water partition coefficient (Wildman–Crippen LogP) is 6.28. The molecule has 0 radical (unpaired) electrons. The monoisotopic (exact) mass is 541 g/mol. The zero-order valence-electron chi connectivity index (χ0n) is 19.0. The van der Waals surface area contributed by atoms with Crippen molar-refractivity contribution in [3.63, 3.8) is 0 Å². The second-order valence-corrected chi connectivity index (χ2v) is 9.28. The lowest BCUT2D eigenvalue weighted by Crippen LogP contribution is -2.24. The molecule has 184 valence electrons. The maximum absolute atomic E-state index is 13.1. The molecule has 3 aromatic carbocycles. The van der Waals surface area contributed by atoms with E-state index in [2.05, 4.69) is 15.5 Å². The summed E-state index contributed by atoms with van der Waals surface area (Å²) < 4.78 is 5.86. The van der Waals surface area contributed by atoms with Crippen LogP contribution in [0.2, 0.25) is 15.1 Å². The molecule has 0 bridgehead atoms. The van der Waals surface area contributed by atoms with Gasteiger partial charge in [-0.2, -0.15) is 5.10 Å². The largest absolute Gasteiger partial charge is 0.505 e. The predicted molar refractivity (Wildman–Crippen MR) is 141 cm³/mol. The van der Waals surface area contributed by atoms with Crippen molar-refractivity contribution in [2.45, 2.75) is 19.4 Å². The third-order valence-corrected chi connectivity index (χ3v) is 6.18. The standard InChI is InChI=1S/C27H22Cl3N3O3/c28-20-8-6-17(7-9-20)10-11-36-27-22(26(35)31-16-18-4-2-1-3-5-18)15-21(32-33-27)12-19-13-23(29)25(34)24(30)14-19/h1-9,13-15,34H,10-12,16H2,(H,31,35). The molecule has 4 rings (SSSR count). The summed E-state index contributed by atoms with van der Waals surface area (Å²) in [4.78, 5) is 13.1. The normalized spacial score (nSPS) is 10.8. The number of phenolic OH excluding ortho intramolecular Hbond substituents is 1. The van der Waals surface area contributed by atoms with Crippen LogP contribution in [0.1, 0.15) is 32.7 Å². The van der Waals surface area contributed by atoms with Crippen LogP contribution in [0.4, 0.5) is 0 Å². The van der Waals surface area contributed by atoms with Gasteiger partial charge in [-0.15, -0.1) is 5.10 Å². The molecule has 1 heterocycles. The lowest BCUT2D eigenvalue weighted by Gasteiger charge is -2.12. The van der Waals surface area contributed by atoms with Gasteiger partial charge in [0.1, 0.15) is 5.56 Å². The fourth-order valence-electron chi connectivity index (χ4n) is 3.50. The molecule has 1 aromatic heterocycles. The van der Waals surface area contributed by atoms with Crippen LogP contribution < -0.4 is 10.1 Å². The number of ether oxygens (including phenoxy) is 1. The summed E-state index contributed by atoms with van der Waals surface area (Å²) in [6.07, 6.45) is 0.910. The summed E-state index contributed by atoms with van der Waals surface area (Å²) >= 11 is 18.0. The molecule has 2 N–H and O–H groups in total. The Morgan fingerprint density at radius 3 is 2.25 bits per heavy atom. The van der Waals surface area contributed by atoms with Gasteiger partial charge in [0.15, 0.2) is 5.75 Å². The van der Waals surface area contributed by atoms with Gasteiger partial charge in [0.25, 0.3) is 5.91 Å². The molecule has 4 aromatic rings. The van der Waals surface area contributed by atoms with Crippen molar-refractivity contribution in [2.24, 2.45) is 0 Å². The lowest BCUT2D eigenvalue weighted by atomic mass is 10.1. The molecule has 1 amide bonds. The second kappa shape index (κ2) is 12.1. The Kier molecular flexibility index (Phi) is 8.65. The average Bonchev–Trinajstić information content (AvgIpc) is 2.88. The minimum atomic E-state index is -0.335. The molecule has 0 fully saturated rings. The van der Waals surface area contributed by atoms with E-state index in [9.17, 15) is 9.90 Å². The summed E-state index contributed by atoms with van der Waals surface area (Å²) in [5.74, 6) is -0.378. The zero-order chi connectivity index (χ0) is 25.5. The van der Waals surface area contributed by atoms with Gasteiger partial charge >= 0.3 is 0 Å². The first kappa shape index (κ1) is 25.8. The first-order valence-electron chi connectivity index (χ1n) is 11.1. The molecule has 0 unspecified atom stereocenters. The summed E-state index contributed by atoms with van der Waals surface area (Å²) in [7, 11) is 0. The summed E-state index contributed by atoms with van der Waals surface area (Å²) in [5.41, 5.74) is 3.50. The molecule has 0 aliphatic carbocycles. The second-order valence-electron chi connectivity index (χ2n) is 8.03. The Morgan fingerprint density at radius 1 is 0.861 bits per heavy atom. The zero-order valence-corrected chi connectivity index (χ0v) is 21.3. The minimum Gasteiger partial charge on any atom is -0.505 e. The summed E-state index contributed by atoms with van der Waals surface area (Å²) in [6.45, 7) is 0.655. The molecular formula is C27H22Cl3N3O3. The van der Waals surface area contributed by atoms with E-state index >= 15 is 0 Å². The first-order valence-corrected chi connectivity index (χ1v) is 12.3. The Balaban J connectivity index is 1.53. The van der Waals surface area contributed by atoms with Crippen LogP contribution in [-0.4, -0.2) is 27.8 Å². The maximum atomic E-state index is 13.1. The molecule has 9 heteroatoms. The highest BCUT2D eigenvalue weighted by atomic mass is 35.5. The highest BCUT2D eigenvalue weighted by molar-refractivity contribution is 6.37. The van der Waals surface area contributed by atoms with Gasteiger partial charge < -0.3 is 15.2 Å². The van der Waals surface area contributed by atoms with Crippen molar-refractivity contribution in [3.8, 4) is 11.6 Å². The van der Waals surface area contributed by atoms with Crippen molar-refractivity contribution in [2.75, 3.05) is 6.61 Å². The van der Waals surface area contributed by atoms with Gasteiger partial charge in [0.2, 0.25) is 5.88 Å². The first-order chi connectivity index (χ1) is 17.4. The van der Waals surface area contributed by atoms with E-state index in [0.29, 0.717) is 42.3 Å². The van der Waals surface area contributed by atoms with E-state index in [1.807, 2.05) is 54.6 Å². The van der Waals surface area contributed by atoms with Crippen molar-refractivity contribution in [1.29, 1.82) is 0 Å². The van der Waals surface area contributed by atoms with E-state index < -0.39 is 0 Å². The van der Waals surface area contributed by atoms with Gasteiger partial charge in [-0.1, -0.05) is 77.3 Å². The van der Waals surface area contributed by atoms with Gasteiger partial charge in [0.05, 0.1) is 22.3 Å². The number of hydrogen-bond acceptors (Lipinski definition) is 5. The van der Waals surface area contributed by atoms with E-state index in [1.54, 1.807) is 18.2 Å². The molecule has 0 saturated heterocycles. The van der Waals surface area contributed by atoms with Crippen molar-refractivity contribution >= 4 is 40.7 Å². The number of carbonyl (C=O) groups excluding carboxylic acids is 1. The SMILES string of the molecule is O=C(NCc1ccccc1)c1cc(Cc2cc(Cl)c(O)c(Cl)c2)nnc1OCCc1ccc(Cl)cc1. The van der Waals surface area contributed by atoms with Crippen LogP contribution in [0, 0.1) is 0 Å². The van der Waals surface area contributed by atoms with Gasteiger partial charge in [-0.25, -0.2) is 0 Å². The Hall–Kier alpha value is -3.32. The van der Waals surface area contributed by atoms with Crippen LogP contribution in [-0.2, 0) is 19.4 Å². The molecule has 6 nitrogen and oxygen atoms in total. The Morgan fingerprint density at radius 2 is 1.56 bits per heavy atom. The number of hydrogen-bond donors (Lipinski definition) is 2. The maximum Gasteiger partial charge on any atom is 0.257 e. The molecule has 0 aliphatic heterocycles. The van der Waals surface area contributed by atoms with Crippen LogP contribution in [0.5, 0.6) is 11.6 Å². The van der Waals surface area contributed by atoms with Crippen LogP contribution in [0.15, 0.2) is 72.8 Å². The van der Waals surface area contributed by atoms with Gasteiger partial charge in [-0.3, -0.25) is 4.79 Å².